The predicted molar refractivity (Wildman–Crippen MR) is 67.3 cm³/mol. The molecule has 18 heavy (non-hydrogen) atoms. The van der Waals surface area contributed by atoms with E-state index in [0.29, 0.717) is 17.0 Å². The van der Waals surface area contributed by atoms with Crippen LogP contribution in [0.15, 0.2) is 45.5 Å². The molecule has 0 unspecified atom stereocenters. The minimum absolute atomic E-state index is 0.0565. The maximum Gasteiger partial charge on any atom is 0.325 e. The lowest BCUT2D eigenvalue weighted by Crippen LogP contribution is -1.99. The SMILES string of the molecule is Nc1ccc(S(=O)(=O)c2ccc([N+](=O)[O-])s2)cc1. The van der Waals surface area contributed by atoms with Gasteiger partial charge in [0.05, 0.1) is 9.82 Å². The Bertz CT molecular complexity index is 689. The third-order valence-electron chi connectivity index (χ3n) is 2.20. The Morgan fingerprint density at radius 3 is 2.22 bits per heavy atom. The molecule has 1 heterocycles. The van der Waals surface area contributed by atoms with Crippen LogP contribution in [0.1, 0.15) is 0 Å². The van der Waals surface area contributed by atoms with Crippen LogP contribution in [0.4, 0.5) is 10.7 Å². The van der Waals surface area contributed by atoms with E-state index >= 15 is 0 Å². The van der Waals surface area contributed by atoms with Gasteiger partial charge in [-0.15, -0.1) is 0 Å². The van der Waals surface area contributed by atoms with E-state index in [1.54, 1.807) is 0 Å². The Kier molecular flexibility index (Phi) is 3.05. The lowest BCUT2D eigenvalue weighted by atomic mass is 10.3. The highest BCUT2D eigenvalue weighted by Gasteiger charge is 2.22. The van der Waals surface area contributed by atoms with Crippen LogP contribution in [-0.2, 0) is 9.84 Å². The first-order valence-electron chi connectivity index (χ1n) is 4.76. The molecule has 0 radical (unpaired) electrons. The van der Waals surface area contributed by atoms with Gasteiger partial charge in [-0.2, -0.15) is 0 Å². The van der Waals surface area contributed by atoms with Crippen molar-refractivity contribution in [3.63, 3.8) is 0 Å². The summed E-state index contributed by atoms with van der Waals surface area (Å²) in [6.45, 7) is 0. The van der Waals surface area contributed by atoms with Gasteiger partial charge in [0.25, 0.3) is 0 Å². The van der Waals surface area contributed by atoms with E-state index in [2.05, 4.69) is 0 Å². The summed E-state index contributed by atoms with van der Waals surface area (Å²) in [5.41, 5.74) is 5.92. The average molecular weight is 284 g/mol. The zero-order chi connectivity index (χ0) is 13.3. The molecule has 0 fully saturated rings. The summed E-state index contributed by atoms with van der Waals surface area (Å²) in [5.74, 6) is 0. The molecule has 0 saturated heterocycles. The van der Waals surface area contributed by atoms with Crippen molar-refractivity contribution in [2.45, 2.75) is 9.10 Å². The zero-order valence-electron chi connectivity index (χ0n) is 8.94. The van der Waals surface area contributed by atoms with Crippen molar-refractivity contribution in [2.75, 3.05) is 5.73 Å². The summed E-state index contributed by atoms with van der Waals surface area (Å²) in [4.78, 5) is 9.97. The van der Waals surface area contributed by atoms with Gasteiger partial charge >= 0.3 is 5.00 Å². The largest absolute Gasteiger partial charge is 0.399 e. The van der Waals surface area contributed by atoms with E-state index in [1.807, 2.05) is 0 Å². The fourth-order valence-corrected chi connectivity index (χ4v) is 3.83. The molecule has 0 bridgehead atoms. The second-order valence-electron chi connectivity index (χ2n) is 3.42. The first kappa shape index (κ1) is 12.5. The number of nitrogen functional groups attached to an aromatic ring is 1. The second-order valence-corrected chi connectivity index (χ2v) is 6.66. The zero-order valence-corrected chi connectivity index (χ0v) is 10.6. The summed E-state index contributed by atoms with van der Waals surface area (Å²) < 4.78 is 24.2. The van der Waals surface area contributed by atoms with Crippen molar-refractivity contribution in [3.8, 4) is 0 Å². The third kappa shape index (κ3) is 2.20. The molecular formula is C10H8N2O4S2. The summed E-state index contributed by atoms with van der Waals surface area (Å²) in [7, 11) is -3.71. The van der Waals surface area contributed by atoms with Crippen LogP contribution in [0.25, 0.3) is 0 Å². The molecule has 2 N–H and O–H groups in total. The first-order valence-corrected chi connectivity index (χ1v) is 7.06. The van der Waals surface area contributed by atoms with E-state index in [-0.39, 0.29) is 14.1 Å². The van der Waals surface area contributed by atoms with Crippen LogP contribution in [0, 0.1) is 10.1 Å². The van der Waals surface area contributed by atoms with Gasteiger partial charge in [-0.1, -0.05) is 11.3 Å². The minimum atomic E-state index is -3.71. The Labute approximate surface area is 107 Å². The standard InChI is InChI=1S/C10H8N2O4S2/c11-7-1-3-8(4-2-7)18(15,16)10-6-5-9(17-10)12(13)14/h1-6H,11H2. The van der Waals surface area contributed by atoms with Crippen molar-refractivity contribution < 1.29 is 13.3 Å². The summed E-state index contributed by atoms with van der Waals surface area (Å²) in [5, 5.41) is 10.3. The Balaban J connectivity index is 2.47. The number of nitrogens with zero attached hydrogens (tertiary/aromatic N) is 1. The van der Waals surface area contributed by atoms with Crippen LogP contribution in [0.5, 0.6) is 0 Å². The molecule has 0 aliphatic carbocycles. The van der Waals surface area contributed by atoms with Crippen molar-refractivity contribution in [1.29, 1.82) is 0 Å². The highest BCUT2D eigenvalue weighted by atomic mass is 32.2. The van der Waals surface area contributed by atoms with Crippen molar-refractivity contribution in [2.24, 2.45) is 0 Å². The first-order chi connectivity index (χ1) is 8.41. The molecule has 8 heteroatoms. The topological polar surface area (TPSA) is 103 Å². The second kappa shape index (κ2) is 4.39. The molecule has 6 nitrogen and oxygen atoms in total. The van der Waals surface area contributed by atoms with Crippen molar-refractivity contribution in [3.05, 3.63) is 46.5 Å². The number of benzene rings is 1. The van der Waals surface area contributed by atoms with E-state index in [0.717, 1.165) is 0 Å². The van der Waals surface area contributed by atoms with Crippen molar-refractivity contribution >= 4 is 31.9 Å². The van der Waals surface area contributed by atoms with Crippen LogP contribution in [0.3, 0.4) is 0 Å². The van der Waals surface area contributed by atoms with Crippen LogP contribution < -0.4 is 5.73 Å². The molecule has 1 aromatic carbocycles. The predicted octanol–water partition coefficient (Wildman–Crippen LogP) is 2.07. The van der Waals surface area contributed by atoms with E-state index in [1.165, 1.54) is 36.4 Å². The maximum atomic E-state index is 12.1. The number of rotatable bonds is 3. The van der Waals surface area contributed by atoms with Gasteiger partial charge in [-0.05, 0) is 30.3 Å². The minimum Gasteiger partial charge on any atom is -0.399 e. The monoisotopic (exact) mass is 284 g/mol. The summed E-state index contributed by atoms with van der Waals surface area (Å²) in [6, 6.07) is 8.08. The lowest BCUT2D eigenvalue weighted by molar-refractivity contribution is -0.380. The number of thiophene rings is 1. The maximum absolute atomic E-state index is 12.1. The van der Waals surface area contributed by atoms with Crippen molar-refractivity contribution in [1.82, 2.24) is 0 Å². The van der Waals surface area contributed by atoms with Gasteiger partial charge in [0.2, 0.25) is 9.84 Å². The molecule has 0 saturated carbocycles. The third-order valence-corrected chi connectivity index (χ3v) is 5.50. The number of hydrogen-bond donors (Lipinski definition) is 1. The number of sulfone groups is 1. The molecule has 0 spiro atoms. The van der Waals surface area contributed by atoms with Gasteiger partial charge in [0, 0.05) is 11.8 Å². The average Bonchev–Trinajstić information content (AvgIpc) is 2.79. The molecular weight excluding hydrogens is 276 g/mol. The molecule has 2 aromatic rings. The lowest BCUT2D eigenvalue weighted by Gasteiger charge is -2.01. The van der Waals surface area contributed by atoms with Crippen LogP contribution in [0.2, 0.25) is 0 Å². The summed E-state index contributed by atoms with van der Waals surface area (Å²) >= 11 is 0.629. The van der Waals surface area contributed by atoms with Gasteiger partial charge in [-0.3, -0.25) is 10.1 Å². The Morgan fingerprint density at radius 2 is 1.72 bits per heavy atom. The van der Waals surface area contributed by atoms with Crippen LogP contribution in [-0.4, -0.2) is 13.3 Å². The molecule has 0 amide bonds. The number of nitro groups is 1. The number of nitrogens with two attached hydrogens (primary N) is 1. The highest BCUT2D eigenvalue weighted by molar-refractivity contribution is 7.93. The van der Waals surface area contributed by atoms with Gasteiger partial charge in [0.15, 0.2) is 0 Å². The van der Waals surface area contributed by atoms with Gasteiger partial charge < -0.3 is 5.73 Å². The quantitative estimate of drug-likeness (QED) is 0.528. The molecule has 0 atom stereocenters. The van der Waals surface area contributed by atoms with E-state index in [9.17, 15) is 18.5 Å². The number of hydrogen-bond acceptors (Lipinski definition) is 6. The van der Waals surface area contributed by atoms with Gasteiger partial charge in [-0.25, -0.2) is 8.42 Å². The Hall–Kier alpha value is -1.93. The van der Waals surface area contributed by atoms with Gasteiger partial charge in [0.1, 0.15) is 4.21 Å². The molecule has 0 aliphatic rings. The smallest absolute Gasteiger partial charge is 0.325 e. The van der Waals surface area contributed by atoms with Crippen LogP contribution >= 0.6 is 11.3 Å². The normalized spacial score (nSPS) is 11.3. The Morgan fingerprint density at radius 1 is 1.11 bits per heavy atom. The fraction of sp³-hybridized carbons (Fsp3) is 0. The summed E-state index contributed by atoms with van der Waals surface area (Å²) in [6.07, 6.45) is 0. The fourth-order valence-electron chi connectivity index (χ4n) is 1.32. The van der Waals surface area contributed by atoms with E-state index < -0.39 is 14.8 Å². The molecule has 0 aliphatic heterocycles. The molecule has 1 aromatic heterocycles. The van der Waals surface area contributed by atoms with E-state index in [4.69, 9.17) is 5.73 Å². The number of anilines is 1. The molecule has 2 rings (SSSR count). The highest BCUT2D eigenvalue weighted by Crippen LogP contribution is 2.31. The molecule has 94 valence electrons.